The van der Waals surface area contributed by atoms with Crippen LogP contribution < -0.4 is 5.32 Å². The van der Waals surface area contributed by atoms with Crippen LogP contribution >= 0.6 is 0 Å². The summed E-state index contributed by atoms with van der Waals surface area (Å²) in [5, 5.41) is 2.77. The molecule has 0 aromatic carbocycles. The first-order valence-corrected chi connectivity index (χ1v) is 4.83. The zero-order valence-electron chi connectivity index (χ0n) is 8.78. The van der Waals surface area contributed by atoms with E-state index >= 15 is 0 Å². The number of aromatic nitrogens is 2. The molecule has 5 nitrogen and oxygen atoms in total. The zero-order valence-corrected chi connectivity index (χ0v) is 8.78. The second-order valence-electron chi connectivity index (χ2n) is 3.64. The van der Waals surface area contributed by atoms with Gasteiger partial charge in [-0.1, -0.05) is 0 Å². The highest BCUT2D eigenvalue weighted by Crippen LogP contribution is 2.22. The molecule has 1 aliphatic heterocycles. The number of carbonyl (C=O) groups is 1. The number of fused-ring (bicyclic) bond motifs is 1. The third kappa shape index (κ3) is 1.97. The van der Waals surface area contributed by atoms with Gasteiger partial charge in [0.05, 0.1) is 12.5 Å². The zero-order chi connectivity index (χ0) is 10.8. The molecule has 1 atom stereocenters. The molecule has 1 aliphatic rings. The minimum Gasteiger partial charge on any atom is -0.384 e. The van der Waals surface area contributed by atoms with Gasteiger partial charge in [0.25, 0.3) is 0 Å². The molecule has 2 heterocycles. The van der Waals surface area contributed by atoms with E-state index in [1.165, 1.54) is 0 Å². The molecule has 0 radical (unpaired) electrons. The maximum Gasteiger partial charge on any atom is 0.231 e. The van der Waals surface area contributed by atoms with Gasteiger partial charge >= 0.3 is 0 Å². The highest BCUT2D eigenvalue weighted by atomic mass is 16.5. The third-order valence-corrected chi connectivity index (χ3v) is 2.43. The number of nitrogens with one attached hydrogen (secondary N) is 1. The Morgan fingerprint density at radius 1 is 1.67 bits per heavy atom. The van der Waals surface area contributed by atoms with Crippen LogP contribution in [0.4, 0.5) is 5.82 Å². The van der Waals surface area contributed by atoms with Gasteiger partial charge in [-0.25, -0.2) is 9.97 Å². The Bertz CT molecular complexity index is 392. The summed E-state index contributed by atoms with van der Waals surface area (Å²) in [7, 11) is 1.59. The molecule has 0 bridgehead atoms. The predicted molar refractivity (Wildman–Crippen MR) is 54.5 cm³/mol. The van der Waals surface area contributed by atoms with E-state index in [0.29, 0.717) is 24.7 Å². The molecule has 0 saturated carbocycles. The number of anilines is 1. The van der Waals surface area contributed by atoms with E-state index in [9.17, 15) is 4.79 Å². The van der Waals surface area contributed by atoms with Crippen molar-refractivity contribution in [2.24, 2.45) is 5.92 Å². The average molecular weight is 207 g/mol. The topological polar surface area (TPSA) is 64.1 Å². The second kappa shape index (κ2) is 3.94. The Morgan fingerprint density at radius 2 is 2.47 bits per heavy atom. The summed E-state index contributed by atoms with van der Waals surface area (Å²) in [5.41, 5.74) is 0.974. The lowest BCUT2D eigenvalue weighted by Crippen LogP contribution is -2.33. The quantitative estimate of drug-likeness (QED) is 0.768. The lowest BCUT2D eigenvalue weighted by molar-refractivity contribution is -0.121. The summed E-state index contributed by atoms with van der Waals surface area (Å²) in [6, 6.07) is 0. The Labute approximate surface area is 87.9 Å². The minimum atomic E-state index is -0.131. The van der Waals surface area contributed by atoms with Crippen LogP contribution in [0.15, 0.2) is 6.20 Å². The molecule has 0 spiro atoms. The monoisotopic (exact) mass is 207 g/mol. The van der Waals surface area contributed by atoms with E-state index in [2.05, 4.69) is 15.3 Å². The standard InChI is InChI=1S/C10H13N3O2/c1-6-11-4-7-3-8(5-15-2)10(14)13-9(7)12-6/h4,8H,3,5H2,1-2H3,(H,11,12,13,14). The lowest BCUT2D eigenvalue weighted by atomic mass is 9.97. The molecule has 1 aromatic rings. The highest BCUT2D eigenvalue weighted by Gasteiger charge is 2.27. The smallest absolute Gasteiger partial charge is 0.231 e. The van der Waals surface area contributed by atoms with Crippen LogP contribution in [-0.2, 0) is 16.0 Å². The summed E-state index contributed by atoms with van der Waals surface area (Å²) in [4.78, 5) is 19.9. The number of amides is 1. The van der Waals surface area contributed by atoms with Crippen LogP contribution in [0.1, 0.15) is 11.4 Å². The van der Waals surface area contributed by atoms with E-state index < -0.39 is 0 Å². The van der Waals surface area contributed by atoms with Gasteiger partial charge in [-0.3, -0.25) is 4.79 Å². The first-order valence-electron chi connectivity index (χ1n) is 4.83. The fourth-order valence-electron chi connectivity index (χ4n) is 1.67. The normalized spacial score (nSPS) is 19.6. The molecule has 5 heteroatoms. The first-order chi connectivity index (χ1) is 7.20. The van der Waals surface area contributed by atoms with Gasteiger partial charge in [0.2, 0.25) is 5.91 Å². The third-order valence-electron chi connectivity index (χ3n) is 2.43. The number of aryl methyl sites for hydroxylation is 1. The van der Waals surface area contributed by atoms with Gasteiger partial charge in [-0.15, -0.1) is 0 Å². The van der Waals surface area contributed by atoms with Crippen molar-refractivity contribution in [3.8, 4) is 0 Å². The first kappa shape index (κ1) is 10.0. The van der Waals surface area contributed by atoms with E-state index in [1.54, 1.807) is 20.2 Å². The Morgan fingerprint density at radius 3 is 3.20 bits per heavy atom. The number of carbonyl (C=O) groups excluding carboxylic acids is 1. The van der Waals surface area contributed by atoms with E-state index in [0.717, 1.165) is 5.56 Å². The highest BCUT2D eigenvalue weighted by molar-refractivity contribution is 5.94. The summed E-state index contributed by atoms with van der Waals surface area (Å²) in [5.74, 6) is 1.15. The van der Waals surface area contributed by atoms with Crippen LogP contribution in [-0.4, -0.2) is 29.6 Å². The number of hydrogen-bond donors (Lipinski definition) is 1. The number of methoxy groups -OCH3 is 1. The molecule has 0 saturated heterocycles. The van der Waals surface area contributed by atoms with Crippen molar-refractivity contribution in [3.63, 3.8) is 0 Å². The molecule has 1 unspecified atom stereocenters. The number of nitrogens with zero attached hydrogens (tertiary/aromatic N) is 2. The van der Waals surface area contributed by atoms with Crippen molar-refractivity contribution in [1.29, 1.82) is 0 Å². The van der Waals surface area contributed by atoms with Gasteiger partial charge in [0, 0.05) is 18.9 Å². The van der Waals surface area contributed by atoms with Crippen molar-refractivity contribution in [2.75, 3.05) is 19.0 Å². The summed E-state index contributed by atoms with van der Waals surface area (Å²) >= 11 is 0. The molecule has 0 aliphatic carbocycles. The molecule has 15 heavy (non-hydrogen) atoms. The largest absolute Gasteiger partial charge is 0.384 e. The molecule has 0 fully saturated rings. The van der Waals surface area contributed by atoms with Crippen LogP contribution in [0.25, 0.3) is 0 Å². The molecule has 1 N–H and O–H groups in total. The average Bonchev–Trinajstić information content (AvgIpc) is 2.20. The van der Waals surface area contributed by atoms with Gasteiger partial charge < -0.3 is 10.1 Å². The van der Waals surface area contributed by atoms with Gasteiger partial charge in [-0.2, -0.15) is 0 Å². The van der Waals surface area contributed by atoms with Crippen molar-refractivity contribution < 1.29 is 9.53 Å². The number of hydrogen-bond acceptors (Lipinski definition) is 4. The molecule has 1 amide bonds. The molecular formula is C10H13N3O2. The van der Waals surface area contributed by atoms with Gasteiger partial charge in [-0.05, 0) is 13.3 Å². The van der Waals surface area contributed by atoms with E-state index in [-0.39, 0.29) is 11.8 Å². The van der Waals surface area contributed by atoms with E-state index in [4.69, 9.17) is 4.74 Å². The lowest BCUT2D eigenvalue weighted by Gasteiger charge is -2.22. The van der Waals surface area contributed by atoms with Crippen LogP contribution in [0.3, 0.4) is 0 Å². The van der Waals surface area contributed by atoms with Crippen LogP contribution in [0, 0.1) is 12.8 Å². The Hall–Kier alpha value is -1.49. The van der Waals surface area contributed by atoms with Crippen molar-refractivity contribution in [1.82, 2.24) is 9.97 Å². The van der Waals surface area contributed by atoms with Crippen LogP contribution in [0.2, 0.25) is 0 Å². The Balaban J connectivity index is 2.26. The summed E-state index contributed by atoms with van der Waals surface area (Å²) in [6.07, 6.45) is 2.41. The van der Waals surface area contributed by atoms with Crippen molar-refractivity contribution in [3.05, 3.63) is 17.6 Å². The maximum atomic E-state index is 11.6. The Kier molecular flexibility index (Phi) is 2.64. The molecular weight excluding hydrogens is 194 g/mol. The molecule has 80 valence electrons. The summed E-state index contributed by atoms with van der Waals surface area (Å²) < 4.78 is 4.99. The molecule has 2 rings (SSSR count). The maximum absolute atomic E-state index is 11.6. The second-order valence-corrected chi connectivity index (χ2v) is 3.64. The predicted octanol–water partition coefficient (Wildman–Crippen LogP) is 0.542. The SMILES string of the molecule is COCC1Cc2cnc(C)nc2NC1=O. The molecule has 1 aromatic heterocycles. The van der Waals surface area contributed by atoms with Crippen LogP contribution in [0.5, 0.6) is 0 Å². The fourth-order valence-corrected chi connectivity index (χ4v) is 1.67. The van der Waals surface area contributed by atoms with E-state index in [1.807, 2.05) is 0 Å². The van der Waals surface area contributed by atoms with Crippen molar-refractivity contribution >= 4 is 11.7 Å². The number of ether oxygens (including phenoxy) is 1. The van der Waals surface area contributed by atoms with Gasteiger partial charge in [0.15, 0.2) is 0 Å². The summed E-state index contributed by atoms with van der Waals surface area (Å²) in [6.45, 7) is 2.23. The fraction of sp³-hybridized carbons (Fsp3) is 0.500. The minimum absolute atomic E-state index is 0.0255. The van der Waals surface area contributed by atoms with Gasteiger partial charge in [0.1, 0.15) is 11.6 Å². The number of rotatable bonds is 2. The van der Waals surface area contributed by atoms with Crippen molar-refractivity contribution in [2.45, 2.75) is 13.3 Å².